The number of carbonyl (C=O) groups excluding carboxylic acids is 1. The number of rotatable bonds is 8. The van der Waals surface area contributed by atoms with E-state index in [1.54, 1.807) is 37.4 Å². The summed E-state index contributed by atoms with van der Waals surface area (Å²) in [5.41, 5.74) is 1.37. The zero-order valence-electron chi connectivity index (χ0n) is 14.6. The molecule has 3 aromatic rings. The van der Waals surface area contributed by atoms with Crippen LogP contribution in [-0.4, -0.2) is 28.9 Å². The number of aromatic nitrogens is 2. The van der Waals surface area contributed by atoms with Crippen LogP contribution < -0.4 is 10.1 Å². The first-order valence-electron chi connectivity index (χ1n) is 8.20. The molecule has 0 aliphatic carbocycles. The lowest BCUT2D eigenvalue weighted by Crippen LogP contribution is -2.24. The number of thioether (sulfide) groups is 1. The average molecular weight is 387 g/mol. The highest BCUT2D eigenvalue weighted by Crippen LogP contribution is 2.19. The van der Waals surface area contributed by atoms with Crippen molar-refractivity contribution in [2.75, 3.05) is 12.9 Å². The van der Waals surface area contributed by atoms with Crippen LogP contribution in [0, 0.1) is 5.82 Å². The predicted molar refractivity (Wildman–Crippen MR) is 101 cm³/mol. The molecule has 0 bridgehead atoms. The van der Waals surface area contributed by atoms with Crippen LogP contribution in [0.25, 0.3) is 11.4 Å². The van der Waals surface area contributed by atoms with Gasteiger partial charge in [-0.25, -0.2) is 4.39 Å². The van der Waals surface area contributed by atoms with Gasteiger partial charge >= 0.3 is 0 Å². The Morgan fingerprint density at radius 2 is 2.00 bits per heavy atom. The maximum Gasteiger partial charge on any atom is 0.246 e. The Morgan fingerprint density at radius 1 is 1.22 bits per heavy atom. The predicted octanol–water partition coefficient (Wildman–Crippen LogP) is 3.43. The van der Waals surface area contributed by atoms with Crippen LogP contribution >= 0.6 is 11.8 Å². The fourth-order valence-corrected chi connectivity index (χ4v) is 3.12. The van der Waals surface area contributed by atoms with Crippen molar-refractivity contribution in [1.29, 1.82) is 0 Å². The molecule has 0 aliphatic heterocycles. The van der Waals surface area contributed by atoms with Crippen molar-refractivity contribution >= 4 is 17.7 Å². The molecule has 8 heteroatoms. The SMILES string of the molecule is COc1ccc(-c2noc(CNC(=O)CSCc3ccccc3F)n2)cc1. The standard InChI is InChI=1S/C19H18FN3O3S/c1-25-15-8-6-13(7-9-15)19-22-18(26-23-19)10-21-17(24)12-27-11-14-4-2-3-5-16(14)20/h2-9H,10-12H2,1H3,(H,21,24). The lowest BCUT2D eigenvalue weighted by atomic mass is 10.2. The minimum Gasteiger partial charge on any atom is -0.497 e. The first-order valence-corrected chi connectivity index (χ1v) is 9.36. The van der Waals surface area contributed by atoms with Crippen LogP contribution in [-0.2, 0) is 17.1 Å². The van der Waals surface area contributed by atoms with E-state index in [2.05, 4.69) is 15.5 Å². The topological polar surface area (TPSA) is 77.3 Å². The van der Waals surface area contributed by atoms with Crippen molar-refractivity contribution in [3.05, 3.63) is 65.8 Å². The quantitative estimate of drug-likeness (QED) is 0.638. The van der Waals surface area contributed by atoms with E-state index in [9.17, 15) is 9.18 Å². The van der Waals surface area contributed by atoms with Crippen molar-refractivity contribution in [1.82, 2.24) is 15.5 Å². The van der Waals surface area contributed by atoms with Gasteiger partial charge in [-0.15, -0.1) is 11.8 Å². The van der Waals surface area contributed by atoms with E-state index in [0.717, 1.165) is 11.3 Å². The first kappa shape index (κ1) is 18.9. The fourth-order valence-electron chi connectivity index (χ4n) is 2.28. The summed E-state index contributed by atoms with van der Waals surface area (Å²) in [6.45, 7) is 0.141. The van der Waals surface area contributed by atoms with Crippen LogP contribution in [0.5, 0.6) is 5.75 Å². The van der Waals surface area contributed by atoms with Gasteiger partial charge in [-0.3, -0.25) is 4.79 Å². The van der Waals surface area contributed by atoms with Gasteiger partial charge in [0.1, 0.15) is 11.6 Å². The van der Waals surface area contributed by atoms with E-state index in [4.69, 9.17) is 9.26 Å². The number of halogens is 1. The molecule has 1 N–H and O–H groups in total. The number of hydrogen-bond acceptors (Lipinski definition) is 6. The number of amides is 1. The highest BCUT2D eigenvalue weighted by Gasteiger charge is 2.10. The Hall–Kier alpha value is -2.87. The van der Waals surface area contributed by atoms with Gasteiger partial charge in [-0.2, -0.15) is 4.98 Å². The van der Waals surface area contributed by atoms with E-state index in [1.165, 1.54) is 17.8 Å². The zero-order chi connectivity index (χ0) is 19.1. The van der Waals surface area contributed by atoms with Crippen molar-refractivity contribution < 1.29 is 18.4 Å². The molecule has 0 saturated carbocycles. The molecule has 0 unspecified atom stereocenters. The Kier molecular flexibility index (Phi) is 6.43. The maximum atomic E-state index is 13.5. The van der Waals surface area contributed by atoms with E-state index in [-0.39, 0.29) is 24.0 Å². The van der Waals surface area contributed by atoms with Gasteiger partial charge in [0.05, 0.1) is 19.4 Å². The number of nitrogens with one attached hydrogen (secondary N) is 1. The minimum absolute atomic E-state index is 0.141. The van der Waals surface area contributed by atoms with E-state index in [0.29, 0.717) is 23.0 Å². The molecular weight excluding hydrogens is 369 g/mol. The molecule has 27 heavy (non-hydrogen) atoms. The molecule has 0 radical (unpaired) electrons. The van der Waals surface area contributed by atoms with Gasteiger partial charge in [0, 0.05) is 11.3 Å². The van der Waals surface area contributed by atoms with Crippen molar-refractivity contribution in [2.24, 2.45) is 0 Å². The van der Waals surface area contributed by atoms with Crippen LogP contribution in [0.3, 0.4) is 0 Å². The molecule has 0 aliphatic rings. The molecule has 6 nitrogen and oxygen atoms in total. The summed E-state index contributed by atoms with van der Waals surface area (Å²) in [5, 5.41) is 6.62. The highest BCUT2D eigenvalue weighted by atomic mass is 32.2. The fraction of sp³-hybridized carbons (Fsp3) is 0.211. The summed E-state index contributed by atoms with van der Waals surface area (Å²) in [4.78, 5) is 16.2. The molecular formula is C19H18FN3O3S. The number of benzene rings is 2. The summed E-state index contributed by atoms with van der Waals surface area (Å²) < 4.78 is 23.8. The van der Waals surface area contributed by atoms with Crippen LogP contribution in [0.2, 0.25) is 0 Å². The normalized spacial score (nSPS) is 10.6. The molecule has 1 aromatic heterocycles. The molecule has 0 saturated heterocycles. The number of carbonyl (C=O) groups is 1. The van der Waals surface area contributed by atoms with Crippen molar-refractivity contribution in [3.63, 3.8) is 0 Å². The molecule has 0 spiro atoms. The smallest absolute Gasteiger partial charge is 0.246 e. The third kappa shape index (κ3) is 5.30. The van der Waals surface area contributed by atoms with Gasteiger partial charge in [0.15, 0.2) is 0 Å². The number of hydrogen-bond donors (Lipinski definition) is 1. The summed E-state index contributed by atoms with van der Waals surface area (Å²) >= 11 is 1.34. The molecule has 1 heterocycles. The summed E-state index contributed by atoms with van der Waals surface area (Å²) in [6.07, 6.45) is 0. The van der Waals surface area contributed by atoms with Crippen LogP contribution in [0.15, 0.2) is 53.1 Å². The van der Waals surface area contributed by atoms with E-state index in [1.807, 2.05) is 12.1 Å². The number of nitrogens with zero attached hydrogens (tertiary/aromatic N) is 2. The Morgan fingerprint density at radius 3 is 2.74 bits per heavy atom. The monoisotopic (exact) mass is 387 g/mol. The second-order valence-electron chi connectivity index (χ2n) is 5.60. The summed E-state index contributed by atoms with van der Waals surface area (Å²) in [7, 11) is 1.60. The Bertz CT molecular complexity index is 899. The van der Waals surface area contributed by atoms with Gasteiger partial charge in [0.25, 0.3) is 0 Å². The lowest BCUT2D eigenvalue weighted by molar-refractivity contribution is -0.118. The molecule has 0 atom stereocenters. The molecule has 1 amide bonds. The van der Waals surface area contributed by atoms with E-state index < -0.39 is 0 Å². The van der Waals surface area contributed by atoms with Gasteiger partial charge in [0.2, 0.25) is 17.6 Å². The minimum atomic E-state index is -0.262. The van der Waals surface area contributed by atoms with Gasteiger partial charge in [-0.05, 0) is 35.9 Å². The summed E-state index contributed by atoms with van der Waals surface area (Å²) in [6, 6.07) is 13.8. The molecule has 0 fully saturated rings. The number of ether oxygens (including phenoxy) is 1. The molecule has 140 valence electrons. The Balaban J connectivity index is 1.45. The van der Waals surface area contributed by atoms with Crippen molar-refractivity contribution in [3.8, 4) is 17.1 Å². The third-order valence-corrected chi connectivity index (χ3v) is 4.68. The molecule has 3 rings (SSSR count). The second-order valence-corrected chi connectivity index (χ2v) is 6.59. The molecule has 2 aromatic carbocycles. The lowest BCUT2D eigenvalue weighted by Gasteiger charge is -2.04. The third-order valence-electron chi connectivity index (χ3n) is 3.70. The average Bonchev–Trinajstić information content (AvgIpc) is 3.17. The van der Waals surface area contributed by atoms with Gasteiger partial charge in [-0.1, -0.05) is 23.4 Å². The van der Waals surface area contributed by atoms with E-state index >= 15 is 0 Å². The van der Waals surface area contributed by atoms with Gasteiger partial charge < -0.3 is 14.6 Å². The summed E-state index contributed by atoms with van der Waals surface area (Å²) in [5.74, 6) is 1.70. The Labute approximate surface area is 160 Å². The second kappa shape index (κ2) is 9.18. The highest BCUT2D eigenvalue weighted by molar-refractivity contribution is 7.99. The maximum absolute atomic E-state index is 13.5. The van der Waals surface area contributed by atoms with Crippen LogP contribution in [0.1, 0.15) is 11.5 Å². The first-order chi connectivity index (χ1) is 13.2. The van der Waals surface area contributed by atoms with Crippen LogP contribution in [0.4, 0.5) is 4.39 Å². The largest absolute Gasteiger partial charge is 0.497 e. The van der Waals surface area contributed by atoms with Crippen molar-refractivity contribution in [2.45, 2.75) is 12.3 Å². The zero-order valence-corrected chi connectivity index (χ0v) is 15.5. The number of methoxy groups -OCH3 is 1.